The van der Waals surface area contributed by atoms with E-state index in [2.05, 4.69) is 10.3 Å². The highest BCUT2D eigenvalue weighted by Crippen LogP contribution is 2.22. The minimum Gasteiger partial charge on any atom is -0.361 e. The number of H-pyrrole nitrogens is 1. The Morgan fingerprint density at radius 3 is 2.94 bits per heavy atom. The lowest BCUT2D eigenvalue weighted by Crippen LogP contribution is -2.31. The van der Waals surface area contributed by atoms with E-state index in [4.69, 9.17) is 17.3 Å². The molecule has 0 aliphatic heterocycles. The Labute approximate surface area is 116 Å². The molecule has 2 rings (SSSR count). The number of hydrogen-bond acceptors (Lipinski definition) is 2. The summed E-state index contributed by atoms with van der Waals surface area (Å²) in [6.45, 7) is 0.606. The summed E-state index contributed by atoms with van der Waals surface area (Å²) in [5, 5.41) is 4.55. The van der Waals surface area contributed by atoms with E-state index in [1.165, 1.54) is 0 Å². The van der Waals surface area contributed by atoms with Gasteiger partial charge in [-0.2, -0.15) is 0 Å². The predicted octanol–water partition coefficient (Wildman–Crippen LogP) is 1.86. The largest absolute Gasteiger partial charge is 0.361 e. The number of halogens is 2. The van der Waals surface area contributed by atoms with Crippen molar-refractivity contribution in [1.29, 1.82) is 0 Å². The van der Waals surface area contributed by atoms with Crippen molar-refractivity contribution >= 4 is 40.8 Å². The van der Waals surface area contributed by atoms with Crippen LogP contribution in [-0.2, 0) is 11.2 Å². The molecule has 0 bridgehead atoms. The Balaban J connectivity index is 0.00000162. The van der Waals surface area contributed by atoms with Gasteiger partial charge in [-0.3, -0.25) is 4.79 Å². The van der Waals surface area contributed by atoms with Gasteiger partial charge in [0, 0.05) is 28.7 Å². The monoisotopic (exact) mass is 287 g/mol. The SMILES string of the molecule is Cl.NCC(=O)NCCc1c[nH]c2ccc(Cl)cc12. The molecule has 1 aromatic carbocycles. The average molecular weight is 288 g/mol. The van der Waals surface area contributed by atoms with Crippen molar-refractivity contribution in [3.05, 3.63) is 35.0 Å². The molecular weight excluding hydrogens is 273 g/mol. The second-order valence-electron chi connectivity index (χ2n) is 3.81. The summed E-state index contributed by atoms with van der Waals surface area (Å²) in [4.78, 5) is 14.2. The van der Waals surface area contributed by atoms with Crippen LogP contribution < -0.4 is 11.1 Å². The van der Waals surface area contributed by atoms with Crippen molar-refractivity contribution < 1.29 is 4.79 Å². The van der Waals surface area contributed by atoms with E-state index in [-0.39, 0.29) is 24.9 Å². The second-order valence-corrected chi connectivity index (χ2v) is 4.24. The first-order valence-electron chi connectivity index (χ1n) is 5.43. The van der Waals surface area contributed by atoms with Crippen LogP contribution in [0.3, 0.4) is 0 Å². The Morgan fingerprint density at radius 2 is 2.22 bits per heavy atom. The van der Waals surface area contributed by atoms with Crippen LogP contribution in [0.25, 0.3) is 10.9 Å². The fraction of sp³-hybridized carbons (Fsp3) is 0.250. The normalized spacial score (nSPS) is 10.1. The third-order valence-corrected chi connectivity index (χ3v) is 2.87. The topological polar surface area (TPSA) is 70.9 Å². The number of hydrogen-bond donors (Lipinski definition) is 3. The fourth-order valence-electron chi connectivity index (χ4n) is 1.77. The lowest BCUT2D eigenvalue weighted by atomic mass is 10.1. The molecular formula is C12H15Cl2N3O. The maximum atomic E-state index is 11.0. The van der Waals surface area contributed by atoms with E-state index in [1.807, 2.05) is 24.4 Å². The number of amides is 1. The van der Waals surface area contributed by atoms with Gasteiger partial charge in [0.1, 0.15) is 0 Å². The molecule has 0 spiro atoms. The maximum absolute atomic E-state index is 11.0. The fourth-order valence-corrected chi connectivity index (χ4v) is 1.94. The standard InChI is InChI=1S/C12H14ClN3O.ClH/c13-9-1-2-11-10(5-9)8(7-16-11)3-4-15-12(17)6-14;/h1-2,5,7,16H,3-4,6,14H2,(H,15,17);1H. The van der Waals surface area contributed by atoms with Crippen molar-refractivity contribution in [2.75, 3.05) is 13.1 Å². The Morgan fingerprint density at radius 1 is 1.44 bits per heavy atom. The van der Waals surface area contributed by atoms with Gasteiger partial charge < -0.3 is 16.0 Å². The molecule has 18 heavy (non-hydrogen) atoms. The summed E-state index contributed by atoms with van der Waals surface area (Å²) in [6, 6.07) is 5.72. The van der Waals surface area contributed by atoms with Crippen molar-refractivity contribution in [2.45, 2.75) is 6.42 Å². The molecule has 1 heterocycles. The van der Waals surface area contributed by atoms with E-state index in [9.17, 15) is 4.79 Å². The van der Waals surface area contributed by atoms with Gasteiger partial charge in [0.05, 0.1) is 6.54 Å². The Bertz CT molecular complexity index is 539. The first-order valence-corrected chi connectivity index (χ1v) is 5.81. The van der Waals surface area contributed by atoms with Gasteiger partial charge in [0.15, 0.2) is 0 Å². The van der Waals surface area contributed by atoms with Crippen LogP contribution in [0.5, 0.6) is 0 Å². The molecule has 4 N–H and O–H groups in total. The molecule has 0 fully saturated rings. The number of carbonyl (C=O) groups excluding carboxylic acids is 1. The van der Waals surface area contributed by atoms with E-state index >= 15 is 0 Å². The maximum Gasteiger partial charge on any atom is 0.233 e. The lowest BCUT2D eigenvalue weighted by molar-refractivity contribution is -0.119. The highest BCUT2D eigenvalue weighted by molar-refractivity contribution is 6.31. The third-order valence-electron chi connectivity index (χ3n) is 2.63. The summed E-state index contributed by atoms with van der Waals surface area (Å²) in [7, 11) is 0. The number of nitrogens with two attached hydrogens (primary N) is 1. The molecule has 0 aliphatic rings. The number of aromatic amines is 1. The van der Waals surface area contributed by atoms with Crippen LogP contribution in [0.15, 0.2) is 24.4 Å². The van der Waals surface area contributed by atoms with Gasteiger partial charge in [-0.15, -0.1) is 12.4 Å². The first-order chi connectivity index (χ1) is 8.20. The molecule has 0 atom stereocenters. The lowest BCUT2D eigenvalue weighted by Gasteiger charge is -2.02. The highest BCUT2D eigenvalue weighted by atomic mass is 35.5. The predicted molar refractivity (Wildman–Crippen MR) is 76.3 cm³/mol. The zero-order valence-electron chi connectivity index (χ0n) is 9.70. The van der Waals surface area contributed by atoms with E-state index in [0.717, 1.165) is 22.9 Å². The van der Waals surface area contributed by atoms with Gasteiger partial charge in [-0.25, -0.2) is 0 Å². The van der Waals surface area contributed by atoms with Gasteiger partial charge in [0.2, 0.25) is 5.91 Å². The summed E-state index contributed by atoms with van der Waals surface area (Å²) in [6.07, 6.45) is 2.70. The molecule has 6 heteroatoms. The van der Waals surface area contributed by atoms with Crippen LogP contribution in [-0.4, -0.2) is 24.0 Å². The molecule has 0 radical (unpaired) electrons. The van der Waals surface area contributed by atoms with Crippen LogP contribution >= 0.6 is 24.0 Å². The van der Waals surface area contributed by atoms with Gasteiger partial charge in [-0.1, -0.05) is 11.6 Å². The third kappa shape index (κ3) is 3.38. The Hall–Kier alpha value is -1.23. The van der Waals surface area contributed by atoms with Gasteiger partial charge in [0.25, 0.3) is 0 Å². The summed E-state index contributed by atoms with van der Waals surface area (Å²) in [5.74, 6) is -0.136. The van der Waals surface area contributed by atoms with Crippen LogP contribution in [0.2, 0.25) is 5.02 Å². The molecule has 98 valence electrons. The smallest absolute Gasteiger partial charge is 0.233 e. The van der Waals surface area contributed by atoms with Crippen LogP contribution in [0.4, 0.5) is 0 Å². The van der Waals surface area contributed by atoms with Crippen LogP contribution in [0.1, 0.15) is 5.56 Å². The number of aromatic nitrogens is 1. The minimum absolute atomic E-state index is 0. The van der Waals surface area contributed by atoms with Crippen molar-refractivity contribution in [2.24, 2.45) is 5.73 Å². The number of benzene rings is 1. The molecule has 0 unspecified atom stereocenters. The molecule has 1 aromatic heterocycles. The summed E-state index contributed by atoms with van der Waals surface area (Å²) >= 11 is 5.95. The molecule has 0 saturated carbocycles. The molecule has 0 saturated heterocycles. The number of nitrogens with one attached hydrogen (secondary N) is 2. The highest BCUT2D eigenvalue weighted by Gasteiger charge is 2.04. The average Bonchev–Trinajstić information content (AvgIpc) is 2.72. The number of carbonyl (C=O) groups is 1. The van der Waals surface area contributed by atoms with Crippen molar-refractivity contribution in [1.82, 2.24) is 10.3 Å². The molecule has 0 aliphatic carbocycles. The van der Waals surface area contributed by atoms with Crippen molar-refractivity contribution in [3.8, 4) is 0 Å². The summed E-state index contributed by atoms with van der Waals surface area (Å²) in [5.41, 5.74) is 7.40. The van der Waals surface area contributed by atoms with Gasteiger partial charge in [-0.05, 0) is 30.2 Å². The zero-order valence-corrected chi connectivity index (χ0v) is 11.3. The van der Waals surface area contributed by atoms with Crippen LogP contribution in [0, 0.1) is 0 Å². The second kappa shape index (κ2) is 6.64. The quantitative estimate of drug-likeness (QED) is 0.803. The van der Waals surface area contributed by atoms with E-state index < -0.39 is 0 Å². The van der Waals surface area contributed by atoms with Crippen molar-refractivity contribution in [3.63, 3.8) is 0 Å². The minimum atomic E-state index is -0.136. The van der Waals surface area contributed by atoms with Gasteiger partial charge >= 0.3 is 0 Å². The molecule has 2 aromatic rings. The van der Waals surface area contributed by atoms with E-state index in [0.29, 0.717) is 11.6 Å². The Kier molecular flexibility index (Phi) is 5.47. The number of fused-ring (bicyclic) bond motifs is 1. The first kappa shape index (κ1) is 14.8. The zero-order chi connectivity index (χ0) is 12.3. The van der Waals surface area contributed by atoms with E-state index in [1.54, 1.807) is 0 Å². The molecule has 4 nitrogen and oxygen atoms in total. The number of rotatable bonds is 4. The summed E-state index contributed by atoms with van der Waals surface area (Å²) < 4.78 is 0. The molecule has 1 amide bonds.